The predicted molar refractivity (Wildman–Crippen MR) is 191 cm³/mol. The number of carbonyl (C=O) groups excluding carboxylic acids is 3. The Kier molecular flexibility index (Phi) is 11.4. The fourth-order valence-electron chi connectivity index (χ4n) is 7.65. The number of carboxylic acids is 1. The number of aliphatic carboxylic acids is 1. The van der Waals surface area contributed by atoms with Crippen LogP contribution in [0.3, 0.4) is 0 Å². The van der Waals surface area contributed by atoms with Crippen LogP contribution in [0.15, 0.2) is 47.1 Å². The Morgan fingerprint density at radius 1 is 0.980 bits per heavy atom. The molecule has 1 aliphatic carbocycles. The number of likely N-dealkylation sites (tertiary alicyclic amines) is 2. The summed E-state index contributed by atoms with van der Waals surface area (Å²) in [7, 11) is 3.58. The van der Waals surface area contributed by atoms with Gasteiger partial charge in [-0.15, -0.1) is 0 Å². The van der Waals surface area contributed by atoms with Gasteiger partial charge < -0.3 is 29.4 Å². The van der Waals surface area contributed by atoms with Crippen molar-refractivity contribution in [1.82, 2.24) is 14.7 Å². The van der Waals surface area contributed by atoms with Gasteiger partial charge in [0.2, 0.25) is 11.8 Å². The number of rotatable bonds is 10. The maximum Gasteiger partial charge on any atom is 0.306 e. The molecule has 0 bridgehead atoms. The number of carbonyl (C=O) groups is 4. The molecule has 3 fully saturated rings. The molecule has 2 N–H and O–H groups in total. The van der Waals surface area contributed by atoms with Crippen molar-refractivity contribution in [2.75, 3.05) is 45.7 Å². The second-order valence-corrected chi connectivity index (χ2v) is 14.8. The minimum absolute atomic E-state index is 0.0131. The molecule has 11 nitrogen and oxygen atoms in total. The molecule has 0 unspecified atom stereocenters. The second kappa shape index (κ2) is 15.7. The van der Waals surface area contributed by atoms with E-state index < -0.39 is 11.9 Å². The molecule has 6 rings (SSSR count). The van der Waals surface area contributed by atoms with Crippen molar-refractivity contribution in [1.29, 1.82) is 0 Å². The van der Waals surface area contributed by atoms with Gasteiger partial charge in [0, 0.05) is 43.0 Å². The number of amides is 3. The predicted octanol–water partition coefficient (Wildman–Crippen LogP) is 5.96. The number of furan rings is 1. The SMILES string of the molecule is CN(C)C(=O)C1CCN([C@H]2C[C@@H](COC3CCC(C(=O)O)CC3)N(C(=O)Cc3cc(Cl)c(NC(=O)c4coc5ccccc45)cc3Cl)C2)CC1. The lowest BCUT2D eigenvalue weighted by Gasteiger charge is -2.36. The number of piperidine rings is 1. The van der Waals surface area contributed by atoms with Gasteiger partial charge in [0.05, 0.1) is 47.4 Å². The van der Waals surface area contributed by atoms with Crippen LogP contribution in [0.5, 0.6) is 0 Å². The Labute approximate surface area is 301 Å². The second-order valence-electron chi connectivity index (χ2n) is 14.0. The molecule has 1 saturated carbocycles. The average Bonchev–Trinajstić information content (AvgIpc) is 3.74. The van der Waals surface area contributed by atoms with Gasteiger partial charge in [0.25, 0.3) is 5.91 Å². The minimum Gasteiger partial charge on any atom is -0.481 e. The number of hydrogen-bond acceptors (Lipinski definition) is 7. The summed E-state index contributed by atoms with van der Waals surface area (Å²) in [5.41, 5.74) is 1.83. The summed E-state index contributed by atoms with van der Waals surface area (Å²) in [6, 6.07) is 10.4. The minimum atomic E-state index is -0.754. The van der Waals surface area contributed by atoms with Crippen LogP contribution in [0.4, 0.5) is 5.69 Å². The first kappa shape index (κ1) is 36.2. The van der Waals surface area contributed by atoms with Crippen LogP contribution < -0.4 is 5.32 Å². The normalized spacial score (nSPS) is 23.2. The first-order chi connectivity index (χ1) is 24.0. The van der Waals surface area contributed by atoms with Crippen molar-refractivity contribution in [3.8, 4) is 0 Å². The number of anilines is 1. The molecule has 2 atom stereocenters. The van der Waals surface area contributed by atoms with E-state index in [4.69, 9.17) is 32.4 Å². The van der Waals surface area contributed by atoms with E-state index in [9.17, 15) is 24.3 Å². The maximum absolute atomic E-state index is 14.0. The summed E-state index contributed by atoms with van der Waals surface area (Å²) < 4.78 is 11.8. The Bertz CT molecular complexity index is 1730. The zero-order valence-corrected chi connectivity index (χ0v) is 29.9. The third-order valence-electron chi connectivity index (χ3n) is 10.5. The number of halogens is 2. The van der Waals surface area contributed by atoms with Gasteiger partial charge in [0.15, 0.2) is 0 Å². The average molecular weight is 728 g/mol. The monoisotopic (exact) mass is 726 g/mol. The van der Waals surface area contributed by atoms with Crippen LogP contribution >= 0.6 is 23.2 Å². The van der Waals surface area contributed by atoms with Crippen LogP contribution in [0.1, 0.15) is 60.9 Å². The highest BCUT2D eigenvalue weighted by atomic mass is 35.5. The third kappa shape index (κ3) is 8.12. The fraction of sp³-hybridized carbons (Fsp3) is 0.514. The van der Waals surface area contributed by atoms with Gasteiger partial charge in [-0.25, -0.2) is 0 Å². The molecule has 3 aliphatic rings. The summed E-state index contributed by atoms with van der Waals surface area (Å²) in [4.78, 5) is 57.0. The lowest BCUT2D eigenvalue weighted by Crippen LogP contribution is -2.46. The first-order valence-corrected chi connectivity index (χ1v) is 18.1. The Hall–Kier alpha value is -3.64. The number of carboxylic acid groups (broad SMARTS) is 1. The van der Waals surface area contributed by atoms with Gasteiger partial charge in [-0.1, -0.05) is 41.4 Å². The van der Waals surface area contributed by atoms with E-state index in [0.29, 0.717) is 71.6 Å². The molecule has 50 heavy (non-hydrogen) atoms. The van der Waals surface area contributed by atoms with Crippen molar-refractivity contribution in [3.63, 3.8) is 0 Å². The van der Waals surface area contributed by atoms with Crippen molar-refractivity contribution in [3.05, 3.63) is 63.8 Å². The molecule has 3 heterocycles. The van der Waals surface area contributed by atoms with Crippen LogP contribution in [-0.2, 0) is 25.5 Å². The van der Waals surface area contributed by atoms with Gasteiger partial charge >= 0.3 is 5.97 Å². The quantitative estimate of drug-likeness (QED) is 0.262. The lowest BCUT2D eigenvalue weighted by atomic mass is 9.87. The van der Waals surface area contributed by atoms with E-state index in [1.807, 2.05) is 17.0 Å². The molecule has 13 heteroatoms. The molecule has 3 aromatic rings. The highest BCUT2D eigenvalue weighted by molar-refractivity contribution is 6.36. The Morgan fingerprint density at radius 3 is 2.40 bits per heavy atom. The molecule has 2 aliphatic heterocycles. The number of nitrogens with zero attached hydrogens (tertiary/aromatic N) is 3. The molecule has 3 amide bonds. The first-order valence-electron chi connectivity index (χ1n) is 17.3. The lowest BCUT2D eigenvalue weighted by molar-refractivity contribution is -0.144. The molecule has 2 aromatic carbocycles. The van der Waals surface area contributed by atoms with Crippen LogP contribution in [-0.4, -0.2) is 102 Å². The van der Waals surface area contributed by atoms with E-state index in [-0.39, 0.29) is 53.3 Å². The molecular formula is C37H44Cl2N4O7. The third-order valence-corrected chi connectivity index (χ3v) is 11.2. The molecule has 1 aromatic heterocycles. The number of fused-ring (bicyclic) bond motifs is 1. The van der Waals surface area contributed by atoms with Gasteiger partial charge in [-0.05, 0) is 81.8 Å². The van der Waals surface area contributed by atoms with E-state index in [1.165, 1.54) is 6.26 Å². The summed E-state index contributed by atoms with van der Waals surface area (Å²) in [5.74, 6) is -1.40. The smallest absolute Gasteiger partial charge is 0.306 e. The molecular weight excluding hydrogens is 683 g/mol. The zero-order chi connectivity index (χ0) is 35.5. The molecule has 2 saturated heterocycles. The summed E-state index contributed by atoms with van der Waals surface area (Å²) in [6.45, 7) is 2.46. The number of ether oxygens (including phenoxy) is 1. The van der Waals surface area contributed by atoms with E-state index in [2.05, 4.69) is 10.2 Å². The molecule has 0 spiro atoms. The van der Waals surface area contributed by atoms with E-state index in [0.717, 1.165) is 32.4 Å². The van der Waals surface area contributed by atoms with E-state index in [1.54, 1.807) is 43.3 Å². The molecule has 0 radical (unpaired) electrons. The van der Waals surface area contributed by atoms with Crippen LogP contribution in [0, 0.1) is 11.8 Å². The van der Waals surface area contributed by atoms with Gasteiger partial charge in [0.1, 0.15) is 11.8 Å². The standard InChI is InChI=1S/C37H44Cl2N4O7/c1-41(2)36(46)22-11-13-42(14-12-22)25-17-26(20-49-27-9-7-23(8-10-27)37(47)48)43(19-25)34(44)16-24-15-31(39)32(18-30(24)38)40-35(45)29-21-50-33-6-4-3-5-28(29)33/h3-6,15,18,21-23,25-27H,7-14,16-17,19-20H2,1-2H3,(H,40,45)(H,47,48)/t23?,25-,26-,27?/m0/s1. The van der Waals surface area contributed by atoms with Gasteiger partial charge in [-0.3, -0.25) is 24.1 Å². The number of nitrogens with one attached hydrogen (secondary N) is 1. The van der Waals surface area contributed by atoms with Gasteiger partial charge in [-0.2, -0.15) is 0 Å². The fourth-order valence-corrected chi connectivity index (χ4v) is 8.11. The number of benzene rings is 2. The van der Waals surface area contributed by atoms with Crippen molar-refractivity contribution < 1.29 is 33.4 Å². The van der Waals surface area contributed by atoms with Crippen LogP contribution in [0.25, 0.3) is 11.0 Å². The summed E-state index contributed by atoms with van der Waals surface area (Å²) in [5, 5.41) is 13.4. The highest BCUT2D eigenvalue weighted by Crippen LogP contribution is 2.34. The number of para-hydroxylation sites is 1. The summed E-state index contributed by atoms with van der Waals surface area (Å²) in [6.07, 6.45) is 6.23. The highest BCUT2D eigenvalue weighted by Gasteiger charge is 2.40. The van der Waals surface area contributed by atoms with Crippen molar-refractivity contribution in [2.24, 2.45) is 11.8 Å². The van der Waals surface area contributed by atoms with Crippen LogP contribution in [0.2, 0.25) is 10.0 Å². The Morgan fingerprint density at radius 2 is 1.70 bits per heavy atom. The van der Waals surface area contributed by atoms with Crippen molar-refractivity contribution in [2.45, 2.75) is 69.6 Å². The maximum atomic E-state index is 14.0. The topological polar surface area (TPSA) is 133 Å². The summed E-state index contributed by atoms with van der Waals surface area (Å²) >= 11 is 13.3. The van der Waals surface area contributed by atoms with Crippen molar-refractivity contribution >= 4 is 63.5 Å². The molecule has 268 valence electrons. The number of hydrogen-bond donors (Lipinski definition) is 2. The van der Waals surface area contributed by atoms with E-state index >= 15 is 0 Å². The largest absolute Gasteiger partial charge is 0.481 e. The zero-order valence-electron chi connectivity index (χ0n) is 28.4. The Balaban J connectivity index is 1.12.